The number of benzene rings is 1. The highest BCUT2D eigenvalue weighted by Gasteiger charge is 2.27. The van der Waals surface area contributed by atoms with Gasteiger partial charge in [-0.3, -0.25) is 4.79 Å². The van der Waals surface area contributed by atoms with Gasteiger partial charge in [0.05, 0.1) is 18.3 Å². The van der Waals surface area contributed by atoms with Crippen molar-refractivity contribution in [2.75, 3.05) is 25.1 Å². The van der Waals surface area contributed by atoms with E-state index >= 15 is 0 Å². The van der Waals surface area contributed by atoms with Gasteiger partial charge in [0.2, 0.25) is 5.91 Å². The van der Waals surface area contributed by atoms with Crippen LogP contribution in [0.5, 0.6) is 0 Å². The van der Waals surface area contributed by atoms with Crippen molar-refractivity contribution in [1.82, 2.24) is 5.32 Å². The van der Waals surface area contributed by atoms with E-state index in [1.165, 1.54) is 11.3 Å². The third-order valence-corrected chi connectivity index (χ3v) is 7.71. The van der Waals surface area contributed by atoms with Gasteiger partial charge in [0.15, 0.2) is 0 Å². The Morgan fingerprint density at radius 3 is 2.85 bits per heavy atom. The zero-order valence-corrected chi connectivity index (χ0v) is 20.3. The molecule has 4 rings (SSSR count). The number of nitrogens with one attached hydrogen (secondary N) is 2. The molecular weight excluding hydrogens is 450 g/mol. The van der Waals surface area contributed by atoms with E-state index in [2.05, 4.69) is 16.7 Å². The van der Waals surface area contributed by atoms with Gasteiger partial charge < -0.3 is 20.1 Å². The first-order valence-electron chi connectivity index (χ1n) is 11.9. The largest absolute Gasteiger partial charge is 0.449 e. The molecule has 1 fully saturated rings. The van der Waals surface area contributed by atoms with Crippen LogP contribution >= 0.6 is 11.3 Å². The van der Waals surface area contributed by atoms with E-state index in [1.807, 2.05) is 37.3 Å². The molecule has 3 unspecified atom stereocenters. The Hall–Kier alpha value is -2.89. The van der Waals surface area contributed by atoms with Gasteiger partial charge in [0.25, 0.3) is 0 Å². The van der Waals surface area contributed by atoms with Gasteiger partial charge in [0, 0.05) is 24.4 Å². The lowest BCUT2D eigenvalue weighted by Gasteiger charge is -2.22. The third-order valence-electron chi connectivity index (χ3n) is 6.54. The molecule has 2 aliphatic rings. The van der Waals surface area contributed by atoms with Crippen molar-refractivity contribution in [2.45, 2.75) is 57.5 Å². The molecule has 3 atom stereocenters. The number of nitriles is 1. The normalized spacial score (nSPS) is 20.1. The summed E-state index contributed by atoms with van der Waals surface area (Å²) < 4.78 is 10.9. The highest BCUT2D eigenvalue weighted by Crippen LogP contribution is 2.39. The van der Waals surface area contributed by atoms with Gasteiger partial charge in [0.1, 0.15) is 11.1 Å². The van der Waals surface area contributed by atoms with Gasteiger partial charge in [-0.2, -0.15) is 5.26 Å². The van der Waals surface area contributed by atoms with Gasteiger partial charge in [-0.25, -0.2) is 4.79 Å². The fraction of sp³-hybridized carbons (Fsp3) is 0.500. The number of hydrogen-bond donors (Lipinski definition) is 2. The molecule has 0 radical (unpaired) electrons. The third kappa shape index (κ3) is 6.16. The van der Waals surface area contributed by atoms with Crippen LogP contribution in [0.4, 0.5) is 9.80 Å². The Kier molecular flexibility index (Phi) is 8.20. The number of amides is 2. The number of nitrogens with zero attached hydrogens (tertiary/aromatic N) is 1. The van der Waals surface area contributed by atoms with Crippen LogP contribution in [0, 0.1) is 17.2 Å². The summed E-state index contributed by atoms with van der Waals surface area (Å²) in [6.45, 7) is 3.61. The smallest absolute Gasteiger partial charge is 0.407 e. The highest BCUT2D eigenvalue weighted by molar-refractivity contribution is 7.16. The van der Waals surface area contributed by atoms with Crippen molar-refractivity contribution < 1.29 is 19.1 Å². The number of carbonyl (C=O) groups is 2. The van der Waals surface area contributed by atoms with Crippen molar-refractivity contribution in [2.24, 2.45) is 5.92 Å². The minimum Gasteiger partial charge on any atom is -0.449 e. The zero-order chi connectivity index (χ0) is 23.9. The number of alkyl carbamates (subject to hydrolysis) is 1. The number of anilines is 1. The summed E-state index contributed by atoms with van der Waals surface area (Å²) in [5.74, 6) is 0.205. The Morgan fingerprint density at radius 1 is 1.29 bits per heavy atom. The van der Waals surface area contributed by atoms with Crippen molar-refractivity contribution in [3.05, 3.63) is 51.9 Å². The van der Waals surface area contributed by atoms with Crippen LogP contribution in [0.2, 0.25) is 0 Å². The summed E-state index contributed by atoms with van der Waals surface area (Å²) in [6, 6.07) is 12.2. The van der Waals surface area contributed by atoms with Crippen LogP contribution in [0.3, 0.4) is 0 Å². The molecule has 8 heteroatoms. The predicted molar refractivity (Wildman–Crippen MR) is 131 cm³/mol. The van der Waals surface area contributed by atoms with E-state index in [0.29, 0.717) is 30.1 Å². The molecule has 7 nitrogen and oxygen atoms in total. The second-order valence-electron chi connectivity index (χ2n) is 9.11. The number of rotatable bonds is 8. The van der Waals surface area contributed by atoms with Crippen molar-refractivity contribution in [3.63, 3.8) is 0 Å². The molecule has 1 aliphatic carbocycles. The average molecular weight is 482 g/mol. The molecule has 0 spiro atoms. The van der Waals surface area contributed by atoms with Crippen LogP contribution in [0.15, 0.2) is 30.3 Å². The number of carbonyl (C=O) groups excluding carboxylic acids is 2. The summed E-state index contributed by atoms with van der Waals surface area (Å²) >= 11 is 1.48. The van der Waals surface area contributed by atoms with Crippen LogP contribution in [0.1, 0.15) is 60.1 Å². The van der Waals surface area contributed by atoms with E-state index in [-0.39, 0.29) is 23.8 Å². The molecule has 2 aromatic rings. The summed E-state index contributed by atoms with van der Waals surface area (Å²) in [5.41, 5.74) is 2.72. The summed E-state index contributed by atoms with van der Waals surface area (Å²) in [7, 11) is 0. The molecule has 1 aromatic carbocycles. The molecule has 1 aromatic heterocycles. The molecule has 2 N–H and O–H groups in total. The monoisotopic (exact) mass is 481 g/mol. The van der Waals surface area contributed by atoms with Gasteiger partial charge in [-0.05, 0) is 55.1 Å². The van der Waals surface area contributed by atoms with E-state index in [0.717, 1.165) is 54.7 Å². The van der Waals surface area contributed by atoms with Crippen LogP contribution in [-0.4, -0.2) is 37.9 Å². The molecule has 34 heavy (non-hydrogen) atoms. The molecule has 0 bridgehead atoms. The fourth-order valence-electron chi connectivity index (χ4n) is 4.61. The molecule has 2 heterocycles. The van der Waals surface area contributed by atoms with Crippen LogP contribution in [-0.2, 0) is 27.1 Å². The van der Waals surface area contributed by atoms with Crippen molar-refractivity contribution in [3.8, 4) is 6.07 Å². The molecule has 2 amide bonds. The van der Waals surface area contributed by atoms with E-state index < -0.39 is 6.09 Å². The Morgan fingerprint density at radius 2 is 2.12 bits per heavy atom. The quantitative estimate of drug-likeness (QED) is 0.566. The second-order valence-corrected chi connectivity index (χ2v) is 10.2. The molecule has 0 saturated carbocycles. The van der Waals surface area contributed by atoms with E-state index in [1.54, 1.807) is 0 Å². The fourth-order valence-corrected chi connectivity index (χ4v) is 5.93. The number of hydrogen-bond acceptors (Lipinski definition) is 6. The first kappa shape index (κ1) is 24.2. The predicted octanol–water partition coefficient (Wildman–Crippen LogP) is 4.76. The SMILES string of the molecule is CC(CC(=O)Nc1sc2c(c1C#N)CCC(COC(=O)NCC1CCCO1)C2)c1ccccc1. The molecule has 1 saturated heterocycles. The summed E-state index contributed by atoms with van der Waals surface area (Å²) in [5, 5.41) is 16.1. The molecule has 1 aliphatic heterocycles. The van der Waals surface area contributed by atoms with E-state index in [4.69, 9.17) is 9.47 Å². The first-order chi connectivity index (χ1) is 16.5. The lowest BCUT2D eigenvalue weighted by molar-refractivity contribution is -0.116. The second kappa shape index (κ2) is 11.5. The van der Waals surface area contributed by atoms with Crippen LogP contribution in [0.25, 0.3) is 0 Å². The maximum absolute atomic E-state index is 12.7. The first-order valence-corrected chi connectivity index (χ1v) is 12.8. The lowest BCUT2D eigenvalue weighted by atomic mass is 9.88. The average Bonchev–Trinajstić information content (AvgIpc) is 3.48. The Labute approximate surface area is 204 Å². The Balaban J connectivity index is 1.29. The number of fused-ring (bicyclic) bond motifs is 1. The van der Waals surface area contributed by atoms with Gasteiger partial charge >= 0.3 is 6.09 Å². The maximum atomic E-state index is 12.7. The van der Waals surface area contributed by atoms with Crippen LogP contribution < -0.4 is 10.6 Å². The summed E-state index contributed by atoms with van der Waals surface area (Å²) in [6.07, 6.45) is 4.36. The topological polar surface area (TPSA) is 100 Å². The van der Waals surface area contributed by atoms with Gasteiger partial charge in [-0.1, -0.05) is 37.3 Å². The minimum absolute atomic E-state index is 0.0876. The van der Waals surface area contributed by atoms with E-state index in [9.17, 15) is 14.9 Å². The maximum Gasteiger partial charge on any atom is 0.407 e. The lowest BCUT2D eigenvalue weighted by Crippen LogP contribution is -2.33. The standard InChI is InChI=1S/C26H31N3O4S/c1-17(19-6-3-2-4-7-19)12-24(30)29-25-22(14-27)21-10-9-18(13-23(21)34-25)16-33-26(31)28-15-20-8-5-11-32-20/h2-4,6-7,17-18,20H,5,8-13,15-16H2,1H3,(H,28,31)(H,29,30). The van der Waals surface area contributed by atoms with Crippen molar-refractivity contribution >= 4 is 28.3 Å². The highest BCUT2D eigenvalue weighted by atomic mass is 32.1. The minimum atomic E-state index is -0.411. The molecule has 180 valence electrons. The van der Waals surface area contributed by atoms with Gasteiger partial charge in [-0.15, -0.1) is 11.3 Å². The number of thiophene rings is 1. The summed E-state index contributed by atoms with van der Waals surface area (Å²) in [4.78, 5) is 25.8. The van der Waals surface area contributed by atoms with Crippen molar-refractivity contribution in [1.29, 1.82) is 5.26 Å². The Bertz CT molecular complexity index is 1040. The molecular formula is C26H31N3O4S. The number of ether oxygens (including phenoxy) is 2. The zero-order valence-electron chi connectivity index (χ0n) is 19.5.